The Labute approximate surface area is 301 Å². The molecule has 16 heteroatoms. The molecule has 3 heterocycles. The zero-order valence-corrected chi connectivity index (χ0v) is 29.3. The molecule has 52 heavy (non-hydrogen) atoms. The van der Waals surface area contributed by atoms with Crippen LogP contribution in [0.15, 0.2) is 36.5 Å². The van der Waals surface area contributed by atoms with Crippen LogP contribution in [0, 0.1) is 0 Å². The number of methoxy groups -OCH3 is 2. The third-order valence-electron chi connectivity index (χ3n) is 8.87. The van der Waals surface area contributed by atoms with Crippen LogP contribution in [-0.2, 0) is 20.8 Å². The molecule has 1 unspecified atom stereocenters. The number of carbonyl (C=O) groups is 5. The Morgan fingerprint density at radius 1 is 0.923 bits per heavy atom. The number of unbranched alkanes of at least 4 members (excludes halogenated alkanes) is 5. The molecule has 16 nitrogen and oxygen atoms in total. The number of piperidine rings is 1. The van der Waals surface area contributed by atoms with Crippen LogP contribution >= 0.6 is 0 Å². The number of carbonyl (C=O) groups excluding carboxylic acids is 5. The fraction of sp³-hybridized carbons (Fsp3) is 0.417. The summed E-state index contributed by atoms with van der Waals surface area (Å²) in [6, 6.07) is 7.55. The van der Waals surface area contributed by atoms with Crippen molar-refractivity contribution in [2.45, 2.75) is 63.8 Å². The van der Waals surface area contributed by atoms with E-state index in [1.165, 1.54) is 14.2 Å². The summed E-state index contributed by atoms with van der Waals surface area (Å²) in [6.45, 7) is 1.02. The molecule has 1 aromatic heterocycles. The number of rotatable bonds is 18. The van der Waals surface area contributed by atoms with Crippen molar-refractivity contribution in [3.8, 4) is 17.2 Å². The highest BCUT2D eigenvalue weighted by Crippen LogP contribution is 2.39. The van der Waals surface area contributed by atoms with Gasteiger partial charge in [0.25, 0.3) is 17.7 Å². The van der Waals surface area contributed by atoms with Crippen LogP contribution in [0.25, 0.3) is 0 Å². The lowest BCUT2D eigenvalue weighted by Crippen LogP contribution is -2.54. The Morgan fingerprint density at radius 2 is 1.60 bits per heavy atom. The number of hydrogen-bond donors (Lipinski definition) is 5. The molecule has 276 valence electrons. The first-order valence-electron chi connectivity index (χ1n) is 17.2. The molecule has 0 aliphatic carbocycles. The number of anilines is 3. The fourth-order valence-corrected chi connectivity index (χ4v) is 6.16. The lowest BCUT2D eigenvalue weighted by atomic mass is 10.0. The third-order valence-corrected chi connectivity index (χ3v) is 8.87. The van der Waals surface area contributed by atoms with Crippen molar-refractivity contribution in [1.29, 1.82) is 0 Å². The number of nitrogen functional groups attached to an aromatic ring is 2. The molecule has 1 atom stereocenters. The van der Waals surface area contributed by atoms with Crippen molar-refractivity contribution in [2.24, 2.45) is 0 Å². The second-order valence-corrected chi connectivity index (χ2v) is 12.5. The first-order chi connectivity index (χ1) is 25.1. The highest BCUT2D eigenvalue weighted by molar-refractivity contribution is 6.23. The predicted molar refractivity (Wildman–Crippen MR) is 191 cm³/mol. The molecule has 2 aliphatic rings. The van der Waals surface area contributed by atoms with Gasteiger partial charge in [-0.1, -0.05) is 25.7 Å². The van der Waals surface area contributed by atoms with E-state index in [9.17, 15) is 24.0 Å². The summed E-state index contributed by atoms with van der Waals surface area (Å²) in [5.74, 6) is -0.830. The van der Waals surface area contributed by atoms with Crippen molar-refractivity contribution in [1.82, 2.24) is 25.5 Å². The number of nitrogens with two attached hydrogens (primary N) is 2. The van der Waals surface area contributed by atoms with E-state index >= 15 is 0 Å². The van der Waals surface area contributed by atoms with Crippen LogP contribution < -0.4 is 41.6 Å². The van der Waals surface area contributed by atoms with E-state index in [1.54, 1.807) is 36.5 Å². The predicted octanol–water partition coefficient (Wildman–Crippen LogP) is 2.60. The lowest BCUT2D eigenvalue weighted by Gasteiger charge is -2.27. The second kappa shape index (κ2) is 17.3. The standard InChI is InChI=1S/C36H44N8O8/c1-50-27-16-21(15-22-19-41-36(38)43-32(22)37)17-28(51-2)31(27)52-20-30(46)40-14-8-6-4-3-5-7-13-39-23-9-10-24-25(18-23)35(49)44(34(24)48)26-11-12-29(45)42-33(26)47/h9-10,16-19,26,39H,3-8,11-15,20H2,1-2H3,(H,40,46)(H,42,45,47)(H4,37,38,41,43). The number of benzene rings is 2. The summed E-state index contributed by atoms with van der Waals surface area (Å²) < 4.78 is 16.8. The van der Waals surface area contributed by atoms with Gasteiger partial charge < -0.3 is 36.3 Å². The van der Waals surface area contributed by atoms with E-state index in [2.05, 4.69) is 25.9 Å². The van der Waals surface area contributed by atoms with Gasteiger partial charge in [0.1, 0.15) is 11.9 Å². The number of ether oxygens (including phenoxy) is 3. The van der Waals surface area contributed by atoms with Crippen molar-refractivity contribution in [3.05, 3.63) is 58.8 Å². The number of fused-ring (bicyclic) bond motifs is 1. The zero-order valence-electron chi connectivity index (χ0n) is 29.3. The Hall–Kier alpha value is -5.93. The van der Waals surface area contributed by atoms with Crippen LogP contribution in [0.5, 0.6) is 17.2 Å². The van der Waals surface area contributed by atoms with E-state index in [-0.39, 0.29) is 48.2 Å². The maximum absolute atomic E-state index is 13.0. The highest BCUT2D eigenvalue weighted by atomic mass is 16.5. The van der Waals surface area contributed by atoms with Crippen molar-refractivity contribution in [2.75, 3.05) is 50.7 Å². The SMILES string of the molecule is COc1cc(Cc2cnc(N)nc2N)cc(OC)c1OCC(=O)NCCCCCCCCNc1ccc2c(c1)C(=O)N(C1CCC(=O)NC1=O)C2=O. The molecule has 1 fully saturated rings. The molecule has 5 rings (SSSR count). The van der Waals surface area contributed by atoms with Crippen molar-refractivity contribution >= 4 is 47.0 Å². The van der Waals surface area contributed by atoms with Gasteiger partial charge in [0, 0.05) is 43.4 Å². The molecule has 3 aromatic rings. The van der Waals surface area contributed by atoms with Crippen LogP contribution in [0.1, 0.15) is 83.2 Å². The Bertz CT molecular complexity index is 1810. The molecular weight excluding hydrogens is 672 g/mol. The van der Waals surface area contributed by atoms with Gasteiger partial charge >= 0.3 is 0 Å². The molecule has 0 radical (unpaired) electrons. The molecule has 0 spiro atoms. The normalized spacial score (nSPS) is 15.3. The average molecular weight is 717 g/mol. The molecule has 2 aliphatic heterocycles. The van der Waals surface area contributed by atoms with Gasteiger partial charge in [0.05, 0.1) is 25.3 Å². The van der Waals surface area contributed by atoms with Gasteiger partial charge in [-0.2, -0.15) is 4.98 Å². The molecule has 2 aromatic carbocycles. The summed E-state index contributed by atoms with van der Waals surface area (Å²) in [6.07, 6.45) is 7.95. The van der Waals surface area contributed by atoms with Crippen molar-refractivity contribution < 1.29 is 38.2 Å². The maximum Gasteiger partial charge on any atom is 0.262 e. The molecule has 7 N–H and O–H groups in total. The van der Waals surface area contributed by atoms with Gasteiger partial charge in [0.15, 0.2) is 18.1 Å². The van der Waals surface area contributed by atoms with E-state index in [0.29, 0.717) is 48.0 Å². The topological polar surface area (TPSA) is 230 Å². The number of amides is 5. The molecular formula is C36H44N8O8. The highest BCUT2D eigenvalue weighted by Gasteiger charge is 2.44. The van der Waals surface area contributed by atoms with E-state index < -0.39 is 29.7 Å². The summed E-state index contributed by atoms with van der Waals surface area (Å²) >= 11 is 0. The minimum atomic E-state index is -0.985. The van der Waals surface area contributed by atoms with Gasteiger partial charge in [-0.15, -0.1) is 0 Å². The Morgan fingerprint density at radius 3 is 2.27 bits per heavy atom. The lowest BCUT2D eigenvalue weighted by molar-refractivity contribution is -0.136. The summed E-state index contributed by atoms with van der Waals surface area (Å²) in [5.41, 5.74) is 14.3. The van der Waals surface area contributed by atoms with E-state index in [1.807, 2.05) is 0 Å². The van der Waals surface area contributed by atoms with Gasteiger partial charge in [0.2, 0.25) is 23.5 Å². The van der Waals surface area contributed by atoms with Crippen LogP contribution in [0.4, 0.5) is 17.5 Å². The Kier molecular flexibility index (Phi) is 12.4. The zero-order chi connectivity index (χ0) is 37.2. The minimum absolute atomic E-state index is 0.0779. The second-order valence-electron chi connectivity index (χ2n) is 12.5. The number of nitrogens with zero attached hydrogens (tertiary/aromatic N) is 3. The van der Waals surface area contributed by atoms with Gasteiger partial charge in [-0.3, -0.25) is 34.2 Å². The largest absolute Gasteiger partial charge is 0.493 e. The maximum atomic E-state index is 13.0. The van der Waals surface area contributed by atoms with Crippen LogP contribution in [0.3, 0.4) is 0 Å². The average Bonchev–Trinajstić information content (AvgIpc) is 3.37. The van der Waals surface area contributed by atoms with Gasteiger partial charge in [-0.25, -0.2) is 4.98 Å². The quantitative estimate of drug-likeness (QED) is 0.0943. The number of imide groups is 2. The summed E-state index contributed by atoms with van der Waals surface area (Å²) in [5, 5.41) is 8.39. The number of hydrogen-bond acceptors (Lipinski definition) is 13. The number of aromatic nitrogens is 2. The number of nitrogens with one attached hydrogen (secondary N) is 3. The van der Waals surface area contributed by atoms with E-state index in [0.717, 1.165) is 49.0 Å². The Balaban J connectivity index is 0.956. The van der Waals surface area contributed by atoms with Crippen LogP contribution in [-0.4, -0.2) is 84.4 Å². The summed E-state index contributed by atoms with van der Waals surface area (Å²) in [4.78, 5) is 71.1. The molecule has 0 saturated carbocycles. The fourth-order valence-electron chi connectivity index (χ4n) is 6.16. The van der Waals surface area contributed by atoms with Gasteiger partial charge in [-0.05, 0) is 55.2 Å². The first kappa shape index (κ1) is 37.3. The van der Waals surface area contributed by atoms with Crippen LogP contribution in [0.2, 0.25) is 0 Å². The molecule has 5 amide bonds. The smallest absolute Gasteiger partial charge is 0.262 e. The molecule has 0 bridgehead atoms. The summed E-state index contributed by atoms with van der Waals surface area (Å²) in [7, 11) is 3.01. The monoisotopic (exact) mass is 716 g/mol. The van der Waals surface area contributed by atoms with Crippen molar-refractivity contribution in [3.63, 3.8) is 0 Å². The first-order valence-corrected chi connectivity index (χ1v) is 17.2. The third kappa shape index (κ3) is 9.04. The minimum Gasteiger partial charge on any atom is -0.493 e. The van der Waals surface area contributed by atoms with E-state index in [4.69, 9.17) is 25.7 Å². The molecule has 1 saturated heterocycles.